The summed E-state index contributed by atoms with van der Waals surface area (Å²) in [6.45, 7) is 5.55. The highest BCUT2D eigenvalue weighted by Crippen LogP contribution is 2.28. The van der Waals surface area contributed by atoms with Crippen LogP contribution < -0.4 is 10.9 Å². The second-order valence-electron chi connectivity index (χ2n) is 6.47. The third-order valence-corrected chi connectivity index (χ3v) is 4.69. The van der Waals surface area contributed by atoms with Gasteiger partial charge in [0.25, 0.3) is 5.56 Å². The Morgan fingerprint density at radius 2 is 1.96 bits per heavy atom. The summed E-state index contributed by atoms with van der Waals surface area (Å²) in [4.78, 5) is 32.5. The van der Waals surface area contributed by atoms with Gasteiger partial charge in [-0.2, -0.15) is 0 Å². The van der Waals surface area contributed by atoms with E-state index in [1.54, 1.807) is 20.0 Å². The molecule has 3 rings (SSSR count). The number of aryl methyl sites for hydroxylation is 2. The van der Waals surface area contributed by atoms with Crippen LogP contribution in [0.15, 0.2) is 29.1 Å². The van der Waals surface area contributed by atoms with Crippen molar-refractivity contribution in [2.75, 3.05) is 5.32 Å². The van der Waals surface area contributed by atoms with Crippen molar-refractivity contribution in [3.8, 4) is 0 Å². The largest absolute Gasteiger partial charge is 0.476 e. The zero-order valence-electron chi connectivity index (χ0n) is 15.4. The van der Waals surface area contributed by atoms with Gasteiger partial charge in [-0.15, -0.1) is 0 Å². The number of nitrogens with zero attached hydrogens (tertiary/aromatic N) is 3. The maximum atomic E-state index is 12.6. The number of anilines is 1. The molecule has 0 unspecified atom stereocenters. The van der Waals surface area contributed by atoms with Crippen LogP contribution in [0.2, 0.25) is 5.15 Å². The van der Waals surface area contributed by atoms with Crippen LogP contribution in [0.1, 0.15) is 40.4 Å². The van der Waals surface area contributed by atoms with Gasteiger partial charge in [0.2, 0.25) is 0 Å². The van der Waals surface area contributed by atoms with Crippen molar-refractivity contribution in [3.05, 3.63) is 62.4 Å². The monoisotopic (exact) mass is 386 g/mol. The summed E-state index contributed by atoms with van der Waals surface area (Å²) in [5.41, 5.74) is 2.38. The highest BCUT2D eigenvalue weighted by molar-refractivity contribution is 6.29. The van der Waals surface area contributed by atoms with Crippen LogP contribution >= 0.6 is 11.6 Å². The molecular formula is C19H19ClN4O3. The Bertz CT molecular complexity index is 1120. The first kappa shape index (κ1) is 18.8. The van der Waals surface area contributed by atoms with Gasteiger partial charge >= 0.3 is 5.97 Å². The number of rotatable bonds is 4. The first-order valence-corrected chi connectivity index (χ1v) is 8.71. The fourth-order valence-corrected chi connectivity index (χ4v) is 3.16. The Morgan fingerprint density at radius 1 is 1.26 bits per heavy atom. The number of carboxylic acids is 1. The number of carbonyl (C=O) groups is 1. The number of fused-ring (bicyclic) bond motifs is 1. The Kier molecular flexibility index (Phi) is 4.89. The van der Waals surface area contributed by atoms with Gasteiger partial charge in [-0.25, -0.2) is 14.8 Å². The van der Waals surface area contributed by atoms with Crippen molar-refractivity contribution in [2.24, 2.45) is 7.05 Å². The molecule has 27 heavy (non-hydrogen) atoms. The lowest BCUT2D eigenvalue weighted by Gasteiger charge is -2.19. The fourth-order valence-electron chi connectivity index (χ4n) is 3.01. The molecule has 0 fully saturated rings. The van der Waals surface area contributed by atoms with Crippen LogP contribution in [0.5, 0.6) is 0 Å². The zero-order valence-corrected chi connectivity index (χ0v) is 16.1. The molecule has 1 atom stereocenters. The topological polar surface area (TPSA) is 97.1 Å². The van der Waals surface area contributed by atoms with E-state index in [1.165, 1.54) is 10.6 Å². The van der Waals surface area contributed by atoms with Crippen LogP contribution in [-0.4, -0.2) is 25.6 Å². The minimum absolute atomic E-state index is 0.104. The van der Waals surface area contributed by atoms with Crippen LogP contribution in [0.25, 0.3) is 10.9 Å². The summed E-state index contributed by atoms with van der Waals surface area (Å²) < 4.78 is 1.51. The minimum atomic E-state index is -1.18. The van der Waals surface area contributed by atoms with E-state index in [0.29, 0.717) is 22.4 Å². The Morgan fingerprint density at radius 3 is 2.63 bits per heavy atom. The Labute approximate surface area is 160 Å². The van der Waals surface area contributed by atoms with Gasteiger partial charge in [-0.3, -0.25) is 9.36 Å². The predicted octanol–water partition coefficient (Wildman–Crippen LogP) is 3.47. The zero-order chi connectivity index (χ0) is 19.9. The fraction of sp³-hybridized carbons (Fsp3) is 0.263. The normalized spacial score (nSPS) is 12.2. The summed E-state index contributed by atoms with van der Waals surface area (Å²) in [5.74, 6) is -0.576. The van der Waals surface area contributed by atoms with Crippen LogP contribution in [0.3, 0.4) is 0 Å². The van der Waals surface area contributed by atoms with E-state index in [9.17, 15) is 14.7 Å². The standard InChI is InChI=1S/C19H19ClN4O3/c1-9-7-12(16-13(8-9)18(25)24(4)11(3)22-16)10(2)21-14-5-6-15(20)23-17(14)19(26)27/h5-8,10,21H,1-4H3,(H,26,27)/t10-/m1/s1. The highest BCUT2D eigenvalue weighted by atomic mass is 35.5. The molecule has 0 bridgehead atoms. The third-order valence-electron chi connectivity index (χ3n) is 4.48. The molecule has 140 valence electrons. The molecular weight excluding hydrogens is 368 g/mol. The molecule has 0 saturated heterocycles. The average molecular weight is 387 g/mol. The first-order valence-electron chi connectivity index (χ1n) is 8.33. The molecule has 0 spiro atoms. The van der Waals surface area contributed by atoms with Crippen molar-refractivity contribution < 1.29 is 9.90 Å². The van der Waals surface area contributed by atoms with Gasteiger partial charge in [0, 0.05) is 12.6 Å². The first-order chi connectivity index (χ1) is 12.7. The van der Waals surface area contributed by atoms with E-state index >= 15 is 0 Å². The number of aromatic nitrogens is 3. The van der Waals surface area contributed by atoms with Crippen molar-refractivity contribution in [3.63, 3.8) is 0 Å². The van der Waals surface area contributed by atoms with Gasteiger partial charge in [0.05, 0.1) is 22.6 Å². The van der Waals surface area contributed by atoms with Crippen LogP contribution in [-0.2, 0) is 7.05 Å². The molecule has 7 nitrogen and oxygen atoms in total. The number of aromatic carboxylic acids is 1. The van der Waals surface area contributed by atoms with E-state index in [4.69, 9.17) is 11.6 Å². The average Bonchev–Trinajstić information content (AvgIpc) is 2.61. The molecule has 0 aliphatic carbocycles. The van der Waals surface area contributed by atoms with E-state index in [-0.39, 0.29) is 22.4 Å². The summed E-state index contributed by atoms with van der Waals surface area (Å²) >= 11 is 5.81. The quantitative estimate of drug-likeness (QED) is 0.666. The number of hydrogen-bond donors (Lipinski definition) is 2. The molecule has 0 aliphatic heterocycles. The molecule has 3 aromatic rings. The van der Waals surface area contributed by atoms with Gasteiger partial charge in [-0.05, 0) is 44.5 Å². The van der Waals surface area contributed by atoms with E-state index < -0.39 is 5.97 Å². The second-order valence-corrected chi connectivity index (χ2v) is 6.86. The summed E-state index contributed by atoms with van der Waals surface area (Å²) in [6, 6.07) is 6.54. The molecule has 0 saturated carbocycles. The van der Waals surface area contributed by atoms with E-state index in [1.807, 2.05) is 26.0 Å². The Hall–Kier alpha value is -2.93. The molecule has 2 heterocycles. The van der Waals surface area contributed by atoms with E-state index in [0.717, 1.165) is 11.1 Å². The second kappa shape index (κ2) is 7.00. The van der Waals surface area contributed by atoms with Crippen molar-refractivity contribution in [2.45, 2.75) is 26.8 Å². The van der Waals surface area contributed by atoms with Gasteiger partial charge < -0.3 is 10.4 Å². The smallest absolute Gasteiger partial charge is 0.356 e. The lowest BCUT2D eigenvalue weighted by atomic mass is 10.0. The molecule has 2 N–H and O–H groups in total. The van der Waals surface area contributed by atoms with E-state index in [2.05, 4.69) is 15.3 Å². The lowest BCUT2D eigenvalue weighted by molar-refractivity contribution is 0.0691. The van der Waals surface area contributed by atoms with Crippen molar-refractivity contribution >= 4 is 34.2 Å². The molecule has 0 radical (unpaired) electrons. The summed E-state index contributed by atoms with van der Waals surface area (Å²) in [7, 11) is 1.69. The minimum Gasteiger partial charge on any atom is -0.476 e. The van der Waals surface area contributed by atoms with Crippen molar-refractivity contribution in [1.29, 1.82) is 0 Å². The SMILES string of the molecule is Cc1cc([C@@H](C)Nc2ccc(Cl)nc2C(=O)O)c2nc(C)n(C)c(=O)c2c1. The molecule has 0 amide bonds. The number of halogens is 1. The van der Waals surface area contributed by atoms with Crippen LogP contribution in [0, 0.1) is 13.8 Å². The third kappa shape index (κ3) is 3.50. The molecule has 8 heteroatoms. The van der Waals surface area contributed by atoms with Gasteiger partial charge in [0.1, 0.15) is 11.0 Å². The highest BCUT2D eigenvalue weighted by Gasteiger charge is 2.19. The molecule has 0 aliphatic rings. The number of hydrogen-bond acceptors (Lipinski definition) is 5. The molecule has 2 aromatic heterocycles. The van der Waals surface area contributed by atoms with Gasteiger partial charge in [-0.1, -0.05) is 17.7 Å². The number of pyridine rings is 1. The number of benzene rings is 1. The maximum Gasteiger partial charge on any atom is 0.356 e. The van der Waals surface area contributed by atoms with Crippen molar-refractivity contribution in [1.82, 2.24) is 14.5 Å². The Balaban J connectivity index is 2.13. The molecule has 1 aromatic carbocycles. The van der Waals surface area contributed by atoms with Crippen LogP contribution in [0.4, 0.5) is 5.69 Å². The number of carboxylic acid groups (broad SMARTS) is 1. The lowest BCUT2D eigenvalue weighted by Crippen LogP contribution is -2.22. The summed E-state index contributed by atoms with van der Waals surface area (Å²) in [5, 5.41) is 13.2. The number of nitrogens with one attached hydrogen (secondary N) is 1. The summed E-state index contributed by atoms with van der Waals surface area (Å²) in [6.07, 6.45) is 0. The predicted molar refractivity (Wildman–Crippen MR) is 105 cm³/mol. The van der Waals surface area contributed by atoms with Gasteiger partial charge in [0.15, 0.2) is 5.69 Å². The maximum absolute atomic E-state index is 12.6.